The molecule has 0 radical (unpaired) electrons. The van der Waals surface area contributed by atoms with Gasteiger partial charge in [0.2, 0.25) is 11.8 Å². The van der Waals surface area contributed by atoms with Gasteiger partial charge < -0.3 is 10.2 Å². The van der Waals surface area contributed by atoms with E-state index in [0.29, 0.717) is 12.8 Å². The third-order valence-electron chi connectivity index (χ3n) is 2.97. The van der Waals surface area contributed by atoms with Gasteiger partial charge in [-0.05, 0) is 12.8 Å². The van der Waals surface area contributed by atoms with Crippen molar-refractivity contribution in [3.8, 4) is 0 Å². The quantitative estimate of drug-likeness (QED) is 0.742. The van der Waals surface area contributed by atoms with Crippen molar-refractivity contribution in [2.24, 2.45) is 0 Å². The van der Waals surface area contributed by atoms with Crippen molar-refractivity contribution in [2.75, 3.05) is 19.8 Å². The van der Waals surface area contributed by atoms with E-state index >= 15 is 0 Å². The molecule has 1 fully saturated rings. The number of halogens is 1. The summed E-state index contributed by atoms with van der Waals surface area (Å²) in [6, 6.07) is 0. The SMILES string of the molecule is CCC1(CC)NC(=O)CN(CCF)C1=O. The fraction of sp³-hybridized carbons (Fsp3) is 0.800. The zero-order chi connectivity index (χ0) is 11.5. The normalized spacial score (nSPS) is 20.3. The largest absolute Gasteiger partial charge is 0.340 e. The number of piperazine rings is 1. The molecule has 1 rings (SSSR count). The highest BCUT2D eigenvalue weighted by Crippen LogP contribution is 2.21. The van der Waals surface area contributed by atoms with E-state index in [1.165, 1.54) is 4.90 Å². The van der Waals surface area contributed by atoms with Crippen molar-refractivity contribution in [3.05, 3.63) is 0 Å². The Bertz CT molecular complexity index is 264. The number of nitrogens with zero attached hydrogens (tertiary/aromatic N) is 1. The standard InChI is InChI=1S/C10H17FN2O2/c1-3-10(4-2)9(15)13(6-5-11)7-8(14)12-10/h3-7H2,1-2H3,(H,12,14). The second-order valence-corrected chi connectivity index (χ2v) is 3.75. The highest BCUT2D eigenvalue weighted by molar-refractivity contribution is 5.97. The third kappa shape index (κ3) is 2.11. The average molecular weight is 216 g/mol. The fourth-order valence-corrected chi connectivity index (χ4v) is 1.92. The van der Waals surface area contributed by atoms with Crippen molar-refractivity contribution >= 4 is 11.8 Å². The number of alkyl halides is 1. The Morgan fingerprint density at radius 1 is 1.40 bits per heavy atom. The second kappa shape index (κ2) is 4.59. The molecule has 1 aliphatic heterocycles. The summed E-state index contributed by atoms with van der Waals surface area (Å²) in [6.07, 6.45) is 1.08. The van der Waals surface area contributed by atoms with Gasteiger partial charge in [0.15, 0.2) is 0 Å². The minimum atomic E-state index is -0.815. The van der Waals surface area contributed by atoms with Gasteiger partial charge in [-0.2, -0.15) is 0 Å². The van der Waals surface area contributed by atoms with E-state index in [2.05, 4.69) is 5.32 Å². The summed E-state index contributed by atoms with van der Waals surface area (Å²) in [4.78, 5) is 24.7. The van der Waals surface area contributed by atoms with Gasteiger partial charge in [-0.15, -0.1) is 0 Å². The number of carbonyl (C=O) groups is 2. The van der Waals surface area contributed by atoms with Crippen LogP contribution < -0.4 is 5.32 Å². The minimum Gasteiger partial charge on any atom is -0.340 e. The van der Waals surface area contributed by atoms with E-state index in [9.17, 15) is 14.0 Å². The van der Waals surface area contributed by atoms with E-state index < -0.39 is 12.2 Å². The van der Waals surface area contributed by atoms with Gasteiger partial charge in [0, 0.05) is 6.54 Å². The van der Waals surface area contributed by atoms with Crippen LogP contribution in [0.15, 0.2) is 0 Å². The summed E-state index contributed by atoms with van der Waals surface area (Å²) >= 11 is 0. The van der Waals surface area contributed by atoms with Crippen LogP contribution in [-0.4, -0.2) is 42.0 Å². The maximum absolute atomic E-state index is 12.2. The zero-order valence-corrected chi connectivity index (χ0v) is 9.18. The van der Waals surface area contributed by atoms with Crippen LogP contribution >= 0.6 is 0 Å². The number of hydrogen-bond acceptors (Lipinski definition) is 2. The summed E-state index contributed by atoms with van der Waals surface area (Å²) < 4.78 is 12.2. The summed E-state index contributed by atoms with van der Waals surface area (Å²) in [5.74, 6) is -0.364. The van der Waals surface area contributed by atoms with Gasteiger partial charge in [-0.25, -0.2) is 4.39 Å². The summed E-state index contributed by atoms with van der Waals surface area (Å²) in [5, 5.41) is 2.71. The molecule has 4 nitrogen and oxygen atoms in total. The Hall–Kier alpha value is -1.13. The van der Waals surface area contributed by atoms with Gasteiger partial charge in [0.1, 0.15) is 12.2 Å². The van der Waals surface area contributed by atoms with Crippen LogP contribution in [0.5, 0.6) is 0 Å². The summed E-state index contributed by atoms with van der Waals surface area (Å²) in [5.41, 5.74) is -0.815. The van der Waals surface area contributed by atoms with Crippen molar-refractivity contribution in [3.63, 3.8) is 0 Å². The van der Waals surface area contributed by atoms with Crippen LogP contribution in [0.2, 0.25) is 0 Å². The molecule has 0 unspecified atom stereocenters. The van der Waals surface area contributed by atoms with Gasteiger partial charge in [-0.1, -0.05) is 13.8 Å². The number of rotatable bonds is 4. The summed E-state index contributed by atoms with van der Waals surface area (Å²) in [6.45, 7) is 3.07. The van der Waals surface area contributed by atoms with Gasteiger partial charge in [0.05, 0.1) is 6.54 Å². The first kappa shape index (κ1) is 11.9. The molecule has 86 valence electrons. The smallest absolute Gasteiger partial charge is 0.248 e. The lowest BCUT2D eigenvalue weighted by Gasteiger charge is -2.40. The van der Waals surface area contributed by atoms with Crippen LogP contribution in [-0.2, 0) is 9.59 Å². The molecule has 0 aromatic heterocycles. The molecule has 0 aromatic rings. The van der Waals surface area contributed by atoms with Crippen LogP contribution in [0.4, 0.5) is 4.39 Å². The Labute approximate surface area is 88.8 Å². The number of hydrogen-bond donors (Lipinski definition) is 1. The van der Waals surface area contributed by atoms with Crippen molar-refractivity contribution in [2.45, 2.75) is 32.2 Å². The average Bonchev–Trinajstić information content (AvgIpc) is 2.23. The molecule has 2 amide bonds. The van der Waals surface area contributed by atoms with E-state index in [4.69, 9.17) is 0 Å². The lowest BCUT2D eigenvalue weighted by atomic mass is 9.89. The van der Waals surface area contributed by atoms with E-state index in [1.54, 1.807) is 0 Å². The number of carbonyl (C=O) groups excluding carboxylic acids is 2. The number of amides is 2. The Kier molecular flexibility index (Phi) is 3.66. The van der Waals surface area contributed by atoms with E-state index in [0.717, 1.165) is 0 Å². The van der Waals surface area contributed by atoms with Crippen molar-refractivity contribution in [1.29, 1.82) is 0 Å². The van der Waals surface area contributed by atoms with Gasteiger partial charge in [0.25, 0.3) is 0 Å². The van der Waals surface area contributed by atoms with Crippen LogP contribution in [0, 0.1) is 0 Å². The first-order valence-corrected chi connectivity index (χ1v) is 5.26. The van der Waals surface area contributed by atoms with Crippen LogP contribution in [0.1, 0.15) is 26.7 Å². The van der Waals surface area contributed by atoms with Gasteiger partial charge >= 0.3 is 0 Å². The lowest BCUT2D eigenvalue weighted by Crippen LogP contribution is -2.66. The maximum atomic E-state index is 12.2. The maximum Gasteiger partial charge on any atom is 0.248 e. The molecule has 0 saturated carbocycles. The lowest BCUT2D eigenvalue weighted by molar-refractivity contribution is -0.150. The molecule has 1 N–H and O–H groups in total. The first-order valence-electron chi connectivity index (χ1n) is 5.26. The Balaban J connectivity index is 2.89. The van der Waals surface area contributed by atoms with E-state index in [-0.39, 0.29) is 24.9 Å². The molecule has 15 heavy (non-hydrogen) atoms. The molecule has 0 bridgehead atoms. The monoisotopic (exact) mass is 216 g/mol. The van der Waals surface area contributed by atoms with Crippen molar-refractivity contribution in [1.82, 2.24) is 10.2 Å². The Morgan fingerprint density at radius 3 is 2.47 bits per heavy atom. The molecule has 1 aliphatic rings. The molecule has 0 aromatic carbocycles. The highest BCUT2D eigenvalue weighted by Gasteiger charge is 2.43. The van der Waals surface area contributed by atoms with Crippen LogP contribution in [0.3, 0.4) is 0 Å². The minimum absolute atomic E-state index is 0.00794. The van der Waals surface area contributed by atoms with Crippen LogP contribution in [0.25, 0.3) is 0 Å². The molecule has 0 aliphatic carbocycles. The predicted octanol–water partition coefficient (Wildman–Crippen LogP) is 0.473. The predicted molar refractivity (Wildman–Crippen MR) is 54.0 cm³/mol. The topological polar surface area (TPSA) is 49.4 Å². The molecular formula is C10H17FN2O2. The highest BCUT2D eigenvalue weighted by atomic mass is 19.1. The molecule has 1 heterocycles. The molecule has 0 atom stereocenters. The fourth-order valence-electron chi connectivity index (χ4n) is 1.92. The third-order valence-corrected chi connectivity index (χ3v) is 2.97. The summed E-state index contributed by atoms with van der Waals surface area (Å²) in [7, 11) is 0. The molecule has 0 spiro atoms. The molecular weight excluding hydrogens is 199 g/mol. The van der Waals surface area contributed by atoms with Gasteiger partial charge in [-0.3, -0.25) is 9.59 Å². The number of nitrogens with one attached hydrogen (secondary N) is 1. The zero-order valence-electron chi connectivity index (χ0n) is 9.18. The van der Waals surface area contributed by atoms with E-state index in [1.807, 2.05) is 13.8 Å². The molecule has 5 heteroatoms. The second-order valence-electron chi connectivity index (χ2n) is 3.75. The Morgan fingerprint density at radius 2 is 2.00 bits per heavy atom. The first-order chi connectivity index (χ1) is 7.09. The van der Waals surface area contributed by atoms with Crippen molar-refractivity contribution < 1.29 is 14.0 Å². The molecule has 1 saturated heterocycles.